The Labute approximate surface area is 159 Å². The maximum absolute atomic E-state index is 12.2. The van der Waals surface area contributed by atoms with Crippen LogP contribution in [0.15, 0.2) is 18.2 Å². The topological polar surface area (TPSA) is 98.5 Å². The molecule has 0 unspecified atom stereocenters. The highest BCUT2D eigenvalue weighted by Gasteiger charge is 2.26. The minimum absolute atomic E-state index is 0.0646. The Morgan fingerprint density at radius 2 is 1.89 bits per heavy atom. The number of nitro groups is 1. The predicted octanol–water partition coefficient (Wildman–Crippen LogP) is 3.75. The zero-order valence-corrected chi connectivity index (χ0v) is 16.2. The molecule has 0 heterocycles. The van der Waals surface area contributed by atoms with Crippen LogP contribution in [0.5, 0.6) is 0 Å². The summed E-state index contributed by atoms with van der Waals surface area (Å²) in [7, 11) is 0. The molecule has 0 aliphatic heterocycles. The normalized spacial score (nSPS) is 15.2. The molecule has 27 heavy (non-hydrogen) atoms. The number of benzene rings is 1. The fourth-order valence-electron chi connectivity index (χ4n) is 3.36. The summed E-state index contributed by atoms with van der Waals surface area (Å²) in [6.07, 6.45) is 5.87. The van der Waals surface area contributed by atoms with E-state index in [1.807, 2.05) is 20.8 Å². The van der Waals surface area contributed by atoms with Gasteiger partial charge in [0.1, 0.15) is 0 Å². The van der Waals surface area contributed by atoms with E-state index in [2.05, 4.69) is 5.32 Å². The van der Waals surface area contributed by atoms with E-state index in [0.717, 1.165) is 12.8 Å². The molecule has 148 valence electrons. The van der Waals surface area contributed by atoms with Crippen molar-refractivity contribution in [2.75, 3.05) is 13.2 Å². The molecule has 0 bridgehead atoms. The zero-order valence-electron chi connectivity index (χ0n) is 16.2. The average Bonchev–Trinajstić information content (AvgIpc) is 2.64. The molecule has 0 spiro atoms. The van der Waals surface area contributed by atoms with Crippen molar-refractivity contribution in [2.24, 2.45) is 5.92 Å². The second-order valence-electron chi connectivity index (χ2n) is 8.12. The van der Waals surface area contributed by atoms with Gasteiger partial charge >= 0.3 is 5.97 Å². The monoisotopic (exact) mass is 376 g/mol. The molecule has 7 nitrogen and oxygen atoms in total. The van der Waals surface area contributed by atoms with E-state index in [0.29, 0.717) is 18.0 Å². The number of carbonyl (C=O) groups excluding carboxylic acids is 2. The van der Waals surface area contributed by atoms with Gasteiger partial charge in [-0.25, -0.2) is 4.79 Å². The first-order valence-electron chi connectivity index (χ1n) is 9.41. The van der Waals surface area contributed by atoms with Crippen LogP contribution in [0.1, 0.15) is 68.8 Å². The minimum atomic E-state index is -0.744. The summed E-state index contributed by atoms with van der Waals surface area (Å²) in [5.74, 6) is -0.605. The molecule has 1 saturated carbocycles. The lowest BCUT2D eigenvalue weighted by Gasteiger charge is -2.21. The lowest BCUT2D eigenvalue weighted by Crippen LogP contribution is -2.33. The molecule has 1 aromatic rings. The Kier molecular flexibility index (Phi) is 6.93. The summed E-state index contributed by atoms with van der Waals surface area (Å²) >= 11 is 0. The number of esters is 1. The van der Waals surface area contributed by atoms with Crippen molar-refractivity contribution in [3.8, 4) is 0 Å². The molecule has 0 radical (unpaired) electrons. The molecule has 1 N–H and O–H groups in total. The molecule has 1 fully saturated rings. The molecule has 1 aliphatic rings. The Balaban J connectivity index is 1.92. The Morgan fingerprint density at radius 3 is 2.48 bits per heavy atom. The van der Waals surface area contributed by atoms with Crippen LogP contribution in [0, 0.1) is 16.0 Å². The van der Waals surface area contributed by atoms with E-state index >= 15 is 0 Å². The largest absolute Gasteiger partial charge is 0.452 e. The number of nitrogens with one attached hydrogen (secondary N) is 1. The Hall–Kier alpha value is -2.44. The molecule has 2 rings (SSSR count). The van der Waals surface area contributed by atoms with Crippen molar-refractivity contribution >= 4 is 17.6 Å². The molecule has 7 heteroatoms. The van der Waals surface area contributed by atoms with E-state index < -0.39 is 16.3 Å². The second-order valence-corrected chi connectivity index (χ2v) is 8.12. The van der Waals surface area contributed by atoms with Gasteiger partial charge < -0.3 is 10.1 Å². The molecular formula is C20H28N2O5. The van der Waals surface area contributed by atoms with E-state index in [1.54, 1.807) is 6.07 Å². The van der Waals surface area contributed by atoms with Crippen molar-refractivity contribution in [3.63, 3.8) is 0 Å². The van der Waals surface area contributed by atoms with Gasteiger partial charge in [0.15, 0.2) is 6.61 Å². The van der Waals surface area contributed by atoms with Crippen LogP contribution in [0.3, 0.4) is 0 Å². The van der Waals surface area contributed by atoms with Gasteiger partial charge in [-0.2, -0.15) is 0 Å². The molecule has 0 atom stereocenters. The number of carbonyl (C=O) groups is 2. The number of amides is 1. The van der Waals surface area contributed by atoms with Gasteiger partial charge in [-0.05, 0) is 30.2 Å². The van der Waals surface area contributed by atoms with E-state index in [9.17, 15) is 19.7 Å². The third kappa shape index (κ3) is 6.05. The lowest BCUT2D eigenvalue weighted by molar-refractivity contribution is -0.386. The van der Waals surface area contributed by atoms with Crippen molar-refractivity contribution in [1.29, 1.82) is 0 Å². The number of nitrogens with zero attached hydrogens (tertiary/aromatic N) is 1. The standard InChI is InChI=1S/C20H28N2O5/c1-20(2,3)16-10-9-15(11-17(16)22(25)26)19(24)27-13-18(23)21-12-14-7-5-4-6-8-14/h9-11,14H,4-8,12-13H2,1-3H3,(H,21,23). The van der Waals surface area contributed by atoms with Crippen LogP contribution >= 0.6 is 0 Å². The molecule has 1 amide bonds. The van der Waals surface area contributed by atoms with E-state index in [-0.39, 0.29) is 23.8 Å². The van der Waals surface area contributed by atoms with Gasteiger partial charge in [0.05, 0.1) is 10.5 Å². The first kappa shape index (κ1) is 20.9. The summed E-state index contributed by atoms with van der Waals surface area (Å²) in [5.41, 5.74) is 0.0480. The minimum Gasteiger partial charge on any atom is -0.452 e. The fourth-order valence-corrected chi connectivity index (χ4v) is 3.36. The van der Waals surface area contributed by atoms with Crippen molar-refractivity contribution in [2.45, 2.75) is 58.3 Å². The molecule has 0 saturated heterocycles. The smallest absolute Gasteiger partial charge is 0.338 e. The fraction of sp³-hybridized carbons (Fsp3) is 0.600. The zero-order chi connectivity index (χ0) is 20.0. The highest BCUT2D eigenvalue weighted by molar-refractivity contribution is 5.92. The Bertz CT molecular complexity index is 703. The third-order valence-electron chi connectivity index (χ3n) is 4.89. The molecule has 1 aromatic carbocycles. The number of rotatable bonds is 6. The number of hydrogen-bond acceptors (Lipinski definition) is 5. The summed E-state index contributed by atoms with van der Waals surface area (Å²) in [6.45, 7) is 5.81. The number of ether oxygens (including phenoxy) is 1. The van der Waals surface area contributed by atoms with Gasteiger partial charge in [0, 0.05) is 18.2 Å². The van der Waals surface area contributed by atoms with E-state index in [1.165, 1.54) is 31.4 Å². The van der Waals surface area contributed by atoms with E-state index in [4.69, 9.17) is 4.74 Å². The highest BCUT2D eigenvalue weighted by Crippen LogP contribution is 2.32. The summed E-state index contributed by atoms with van der Waals surface area (Å²) in [6, 6.07) is 4.27. The van der Waals surface area contributed by atoms with Crippen LogP contribution in [0.25, 0.3) is 0 Å². The van der Waals surface area contributed by atoms with Crippen LogP contribution in [-0.4, -0.2) is 30.0 Å². The van der Waals surface area contributed by atoms with Crippen LogP contribution in [0.2, 0.25) is 0 Å². The van der Waals surface area contributed by atoms with Gasteiger partial charge in [-0.1, -0.05) is 46.1 Å². The van der Waals surface area contributed by atoms with Crippen molar-refractivity contribution < 1.29 is 19.2 Å². The summed E-state index contributed by atoms with van der Waals surface area (Å²) < 4.78 is 5.02. The van der Waals surface area contributed by atoms with Crippen molar-refractivity contribution in [1.82, 2.24) is 5.32 Å². The van der Waals surface area contributed by atoms with Crippen LogP contribution in [-0.2, 0) is 14.9 Å². The summed E-state index contributed by atoms with van der Waals surface area (Å²) in [5, 5.41) is 14.1. The van der Waals surface area contributed by atoms with Crippen LogP contribution in [0.4, 0.5) is 5.69 Å². The lowest BCUT2D eigenvalue weighted by atomic mass is 9.85. The van der Waals surface area contributed by atoms with Crippen LogP contribution < -0.4 is 5.32 Å². The molecule has 0 aromatic heterocycles. The maximum atomic E-state index is 12.2. The van der Waals surface area contributed by atoms with Gasteiger partial charge in [0.25, 0.3) is 11.6 Å². The second kappa shape index (κ2) is 8.97. The van der Waals surface area contributed by atoms with Gasteiger partial charge in [-0.3, -0.25) is 14.9 Å². The number of hydrogen-bond donors (Lipinski definition) is 1. The first-order chi connectivity index (χ1) is 12.7. The summed E-state index contributed by atoms with van der Waals surface area (Å²) in [4.78, 5) is 34.9. The highest BCUT2D eigenvalue weighted by atomic mass is 16.6. The van der Waals surface area contributed by atoms with Gasteiger partial charge in [0.2, 0.25) is 0 Å². The molecular weight excluding hydrogens is 348 g/mol. The number of nitro benzene ring substituents is 1. The predicted molar refractivity (Wildman–Crippen MR) is 102 cm³/mol. The van der Waals surface area contributed by atoms with Crippen molar-refractivity contribution in [3.05, 3.63) is 39.4 Å². The van der Waals surface area contributed by atoms with Gasteiger partial charge in [-0.15, -0.1) is 0 Å². The Morgan fingerprint density at radius 1 is 1.22 bits per heavy atom. The maximum Gasteiger partial charge on any atom is 0.338 e. The average molecular weight is 376 g/mol. The first-order valence-corrected chi connectivity index (χ1v) is 9.41. The third-order valence-corrected chi connectivity index (χ3v) is 4.89. The SMILES string of the molecule is CC(C)(C)c1ccc(C(=O)OCC(=O)NCC2CCCCC2)cc1[N+](=O)[O-]. The molecule has 1 aliphatic carbocycles. The quantitative estimate of drug-likeness (QED) is 0.463.